The number of aromatic nitrogens is 1. The van der Waals surface area contributed by atoms with Crippen LogP contribution in [0.2, 0.25) is 0 Å². The number of H-pyrrole nitrogens is 1. The molecule has 1 heterocycles. The average molecular weight is 345 g/mol. The first-order valence-electron chi connectivity index (χ1n) is 8.09. The molecule has 0 aliphatic rings. The van der Waals surface area contributed by atoms with E-state index in [1.807, 2.05) is 26.0 Å². The first-order chi connectivity index (χ1) is 11.7. The highest BCUT2D eigenvalue weighted by Crippen LogP contribution is 2.22. The van der Waals surface area contributed by atoms with Crippen molar-refractivity contribution in [3.05, 3.63) is 35.0 Å². The fraction of sp³-hybridized carbons (Fsp3) is 0.389. The Morgan fingerprint density at radius 1 is 1.08 bits per heavy atom. The lowest BCUT2D eigenvalue weighted by Crippen LogP contribution is -2.46. The number of nitrogens with one attached hydrogen (secondary N) is 3. The summed E-state index contributed by atoms with van der Waals surface area (Å²) in [6, 6.07) is 4.92. The van der Waals surface area contributed by atoms with Gasteiger partial charge >= 0.3 is 12.0 Å². The molecule has 3 amide bonds. The van der Waals surface area contributed by atoms with Gasteiger partial charge in [-0.15, -0.1) is 0 Å². The second-order valence-electron chi connectivity index (χ2n) is 6.39. The highest BCUT2D eigenvalue weighted by atomic mass is 16.5. The van der Waals surface area contributed by atoms with Crippen LogP contribution in [-0.4, -0.2) is 35.0 Å². The molecule has 134 valence electrons. The summed E-state index contributed by atoms with van der Waals surface area (Å²) in [5.41, 5.74) is 3.21. The van der Waals surface area contributed by atoms with Crippen LogP contribution in [0.1, 0.15) is 42.4 Å². The van der Waals surface area contributed by atoms with E-state index in [9.17, 15) is 14.4 Å². The van der Waals surface area contributed by atoms with Gasteiger partial charge in [0.15, 0.2) is 6.10 Å². The van der Waals surface area contributed by atoms with E-state index < -0.39 is 24.0 Å². The minimum Gasteiger partial charge on any atom is -0.448 e. The molecular weight excluding hydrogens is 322 g/mol. The third kappa shape index (κ3) is 4.59. The molecule has 0 bridgehead atoms. The van der Waals surface area contributed by atoms with Crippen molar-refractivity contribution in [1.82, 2.24) is 15.6 Å². The van der Waals surface area contributed by atoms with E-state index in [4.69, 9.17) is 4.74 Å². The molecule has 0 aliphatic heterocycles. The van der Waals surface area contributed by atoms with Crippen LogP contribution in [-0.2, 0) is 9.53 Å². The molecule has 0 fully saturated rings. The van der Waals surface area contributed by atoms with Gasteiger partial charge in [0.1, 0.15) is 5.69 Å². The Morgan fingerprint density at radius 3 is 2.40 bits per heavy atom. The molecule has 25 heavy (non-hydrogen) atoms. The Morgan fingerprint density at radius 2 is 1.76 bits per heavy atom. The van der Waals surface area contributed by atoms with Crippen LogP contribution < -0.4 is 10.6 Å². The fourth-order valence-corrected chi connectivity index (χ4v) is 2.50. The summed E-state index contributed by atoms with van der Waals surface area (Å²) >= 11 is 0. The van der Waals surface area contributed by atoms with Crippen LogP contribution in [0.4, 0.5) is 4.79 Å². The van der Waals surface area contributed by atoms with Crippen molar-refractivity contribution in [3.63, 3.8) is 0 Å². The summed E-state index contributed by atoms with van der Waals surface area (Å²) in [6.07, 6.45) is -1.10. The Bertz CT molecular complexity index is 823. The van der Waals surface area contributed by atoms with Gasteiger partial charge in [0.25, 0.3) is 5.91 Å². The lowest BCUT2D eigenvalue weighted by atomic mass is 10.1. The van der Waals surface area contributed by atoms with Crippen molar-refractivity contribution in [2.75, 3.05) is 0 Å². The third-order valence-electron chi connectivity index (χ3n) is 3.62. The monoisotopic (exact) mass is 345 g/mol. The molecule has 0 aliphatic carbocycles. The molecule has 1 aromatic carbocycles. The Hall–Kier alpha value is -2.83. The Kier molecular flexibility index (Phi) is 5.46. The number of aromatic amines is 1. The normalized spacial score (nSPS) is 12.1. The molecule has 7 nitrogen and oxygen atoms in total. The molecule has 1 aromatic heterocycles. The van der Waals surface area contributed by atoms with Crippen LogP contribution in [0.3, 0.4) is 0 Å². The number of esters is 1. The molecule has 7 heteroatoms. The Labute approximate surface area is 146 Å². The van der Waals surface area contributed by atoms with Gasteiger partial charge < -0.3 is 15.0 Å². The van der Waals surface area contributed by atoms with Crippen molar-refractivity contribution in [3.8, 4) is 0 Å². The molecule has 3 N–H and O–H groups in total. The number of fused-ring (bicyclic) bond motifs is 1. The smallest absolute Gasteiger partial charge is 0.355 e. The zero-order valence-corrected chi connectivity index (χ0v) is 15.0. The zero-order valence-electron chi connectivity index (χ0n) is 15.0. The summed E-state index contributed by atoms with van der Waals surface area (Å²) in [5.74, 6) is -1.34. The van der Waals surface area contributed by atoms with E-state index in [0.717, 1.165) is 22.0 Å². The molecular formula is C18H23N3O4. The number of ether oxygens (including phenoxy) is 1. The minimum atomic E-state index is -1.10. The van der Waals surface area contributed by atoms with Gasteiger partial charge in [-0.1, -0.05) is 6.07 Å². The number of imide groups is 1. The van der Waals surface area contributed by atoms with Crippen LogP contribution in [0.25, 0.3) is 10.9 Å². The maximum absolute atomic E-state index is 12.3. The van der Waals surface area contributed by atoms with Crippen molar-refractivity contribution < 1.29 is 19.1 Å². The van der Waals surface area contributed by atoms with Gasteiger partial charge in [-0.25, -0.2) is 9.59 Å². The van der Waals surface area contributed by atoms with Crippen LogP contribution in [0.15, 0.2) is 18.2 Å². The van der Waals surface area contributed by atoms with E-state index in [-0.39, 0.29) is 11.7 Å². The average Bonchev–Trinajstić information content (AvgIpc) is 2.90. The van der Waals surface area contributed by atoms with Gasteiger partial charge in [-0.2, -0.15) is 0 Å². The molecule has 2 rings (SSSR count). The molecule has 2 aromatic rings. The largest absolute Gasteiger partial charge is 0.448 e. The first-order valence-corrected chi connectivity index (χ1v) is 8.09. The predicted octanol–water partition coefficient (Wildman–Crippen LogP) is 2.56. The predicted molar refractivity (Wildman–Crippen MR) is 94.5 cm³/mol. The Balaban J connectivity index is 2.05. The van der Waals surface area contributed by atoms with Gasteiger partial charge in [-0.05, 0) is 57.9 Å². The highest BCUT2D eigenvalue weighted by Gasteiger charge is 2.22. The number of hydrogen-bond donors (Lipinski definition) is 3. The fourth-order valence-electron chi connectivity index (χ4n) is 2.50. The number of amides is 3. The number of aryl methyl sites for hydroxylation is 2. The summed E-state index contributed by atoms with van der Waals surface area (Å²) in [6.45, 7) is 8.88. The van der Waals surface area contributed by atoms with E-state index in [2.05, 4.69) is 15.6 Å². The van der Waals surface area contributed by atoms with Crippen LogP contribution in [0, 0.1) is 13.8 Å². The second-order valence-corrected chi connectivity index (χ2v) is 6.39. The van der Waals surface area contributed by atoms with Crippen molar-refractivity contribution in [1.29, 1.82) is 0 Å². The maximum Gasteiger partial charge on any atom is 0.355 e. The van der Waals surface area contributed by atoms with Gasteiger partial charge in [0.05, 0.1) is 0 Å². The van der Waals surface area contributed by atoms with Crippen molar-refractivity contribution in [2.24, 2.45) is 0 Å². The van der Waals surface area contributed by atoms with Crippen molar-refractivity contribution in [2.45, 2.75) is 46.8 Å². The van der Waals surface area contributed by atoms with Crippen molar-refractivity contribution >= 4 is 28.8 Å². The first kappa shape index (κ1) is 18.5. The second kappa shape index (κ2) is 7.38. The molecule has 0 saturated heterocycles. The maximum atomic E-state index is 12.3. The number of carbonyl (C=O) groups is 3. The SMILES string of the molecule is Cc1cc(C)c2cc(C(=O)OC(C)C(=O)NC(=O)NC(C)C)[nH]c2c1. The number of carbonyl (C=O) groups excluding carboxylic acids is 3. The summed E-state index contributed by atoms with van der Waals surface area (Å²) < 4.78 is 5.14. The van der Waals surface area contributed by atoms with E-state index in [0.29, 0.717) is 0 Å². The van der Waals surface area contributed by atoms with E-state index >= 15 is 0 Å². The summed E-state index contributed by atoms with van der Waals surface area (Å²) in [5, 5.41) is 5.58. The lowest BCUT2D eigenvalue weighted by molar-refractivity contribution is -0.127. The quantitative estimate of drug-likeness (QED) is 0.741. The molecule has 1 unspecified atom stereocenters. The molecule has 0 radical (unpaired) electrons. The topological polar surface area (TPSA) is 100 Å². The highest BCUT2D eigenvalue weighted by molar-refractivity contribution is 6.00. The minimum absolute atomic E-state index is 0.108. The van der Waals surface area contributed by atoms with Crippen LogP contribution >= 0.6 is 0 Å². The van der Waals surface area contributed by atoms with Gasteiger partial charge in [0.2, 0.25) is 0 Å². The molecule has 1 atom stereocenters. The summed E-state index contributed by atoms with van der Waals surface area (Å²) in [4.78, 5) is 38.7. The summed E-state index contributed by atoms with van der Waals surface area (Å²) in [7, 11) is 0. The number of benzene rings is 1. The van der Waals surface area contributed by atoms with Gasteiger partial charge in [0, 0.05) is 16.9 Å². The number of hydrogen-bond acceptors (Lipinski definition) is 4. The van der Waals surface area contributed by atoms with Gasteiger partial charge in [-0.3, -0.25) is 10.1 Å². The molecule has 0 saturated carbocycles. The standard InChI is InChI=1S/C18H23N3O4/c1-9(2)19-18(24)21-16(22)12(5)25-17(23)15-8-13-11(4)6-10(3)7-14(13)20-15/h6-9,12,20H,1-5H3,(H2,19,21,22,24). The zero-order chi connectivity index (χ0) is 18.7. The number of rotatable bonds is 4. The number of urea groups is 1. The van der Waals surface area contributed by atoms with E-state index in [1.165, 1.54) is 6.92 Å². The lowest BCUT2D eigenvalue weighted by Gasteiger charge is -2.13. The third-order valence-corrected chi connectivity index (χ3v) is 3.62. The van der Waals surface area contributed by atoms with Crippen LogP contribution in [0.5, 0.6) is 0 Å². The van der Waals surface area contributed by atoms with E-state index in [1.54, 1.807) is 19.9 Å². The molecule has 0 spiro atoms.